The fourth-order valence-corrected chi connectivity index (χ4v) is 4.83. The largest absolute Gasteiger partial charge is 0.365 e. The number of rotatable bonds is 4. The molecule has 8 heteroatoms. The number of aromatic nitrogens is 4. The van der Waals surface area contributed by atoms with Gasteiger partial charge in [-0.25, -0.2) is 15.0 Å². The van der Waals surface area contributed by atoms with E-state index in [2.05, 4.69) is 25.3 Å². The summed E-state index contributed by atoms with van der Waals surface area (Å²) < 4.78 is 0. The molecule has 3 fully saturated rings. The van der Waals surface area contributed by atoms with Crippen molar-refractivity contribution in [1.82, 2.24) is 24.8 Å². The minimum Gasteiger partial charge on any atom is -0.365 e. The van der Waals surface area contributed by atoms with Crippen molar-refractivity contribution >= 4 is 23.3 Å². The maximum atomic E-state index is 13.7. The van der Waals surface area contributed by atoms with E-state index in [1.54, 1.807) is 30.9 Å². The fraction of sp³-hybridized carbons (Fsp3) is 0.348. The van der Waals surface area contributed by atoms with Crippen LogP contribution in [0.4, 0.5) is 5.82 Å². The molecule has 0 aromatic carbocycles. The Morgan fingerprint density at radius 3 is 2.71 bits per heavy atom. The number of amides is 1. The molecule has 1 N–H and O–H groups in total. The predicted molar refractivity (Wildman–Crippen MR) is 119 cm³/mol. The maximum absolute atomic E-state index is 13.7. The van der Waals surface area contributed by atoms with Crippen LogP contribution in [0.1, 0.15) is 35.2 Å². The maximum Gasteiger partial charge on any atom is 0.256 e. The Labute approximate surface area is 185 Å². The van der Waals surface area contributed by atoms with Gasteiger partial charge in [-0.15, -0.1) is 0 Å². The molecule has 2 saturated heterocycles. The lowest BCUT2D eigenvalue weighted by atomic mass is 9.76. The zero-order valence-corrected chi connectivity index (χ0v) is 18.0. The number of anilines is 1. The van der Waals surface area contributed by atoms with Crippen LogP contribution in [0.5, 0.6) is 0 Å². The molecule has 7 nitrogen and oxygen atoms in total. The molecule has 3 aromatic rings. The van der Waals surface area contributed by atoms with E-state index in [1.807, 2.05) is 30.0 Å². The van der Waals surface area contributed by atoms with Gasteiger partial charge in [-0.2, -0.15) is 0 Å². The van der Waals surface area contributed by atoms with Crippen LogP contribution >= 0.6 is 11.6 Å². The van der Waals surface area contributed by atoms with Gasteiger partial charge in [-0.1, -0.05) is 11.6 Å². The lowest BCUT2D eigenvalue weighted by molar-refractivity contribution is 0.0282. The van der Waals surface area contributed by atoms with Gasteiger partial charge < -0.3 is 10.2 Å². The Hall–Kier alpha value is -3.06. The van der Waals surface area contributed by atoms with Crippen LogP contribution in [0.3, 0.4) is 0 Å². The van der Waals surface area contributed by atoms with Gasteiger partial charge in [0.25, 0.3) is 5.91 Å². The molecule has 3 aromatic heterocycles. The van der Waals surface area contributed by atoms with E-state index >= 15 is 0 Å². The van der Waals surface area contributed by atoms with Crippen LogP contribution < -0.4 is 5.32 Å². The lowest BCUT2D eigenvalue weighted by Crippen LogP contribution is -2.59. The second-order valence-corrected chi connectivity index (χ2v) is 8.73. The van der Waals surface area contributed by atoms with Crippen molar-refractivity contribution in [1.29, 1.82) is 0 Å². The van der Waals surface area contributed by atoms with Crippen molar-refractivity contribution in [2.45, 2.75) is 38.3 Å². The van der Waals surface area contributed by atoms with Crippen molar-refractivity contribution < 1.29 is 4.79 Å². The van der Waals surface area contributed by atoms with Gasteiger partial charge in [0, 0.05) is 37.4 Å². The number of nitrogens with zero attached hydrogens (tertiary/aromatic N) is 5. The molecule has 158 valence electrons. The number of halogens is 1. The first kappa shape index (κ1) is 19.9. The van der Waals surface area contributed by atoms with Gasteiger partial charge in [-0.05, 0) is 61.9 Å². The molecule has 1 aliphatic carbocycles. The predicted octanol–water partition coefficient (Wildman–Crippen LogP) is 4.00. The highest BCUT2D eigenvalue weighted by molar-refractivity contribution is 6.30. The summed E-state index contributed by atoms with van der Waals surface area (Å²) in [5, 5.41) is 4.14. The van der Waals surface area contributed by atoms with E-state index in [0.717, 1.165) is 37.2 Å². The molecule has 31 heavy (non-hydrogen) atoms. The van der Waals surface area contributed by atoms with Crippen LogP contribution in [0.2, 0.25) is 5.02 Å². The van der Waals surface area contributed by atoms with Gasteiger partial charge in [0.2, 0.25) is 0 Å². The van der Waals surface area contributed by atoms with Crippen molar-refractivity contribution in [3.05, 3.63) is 65.2 Å². The Morgan fingerprint density at radius 1 is 1.13 bits per heavy atom. The summed E-state index contributed by atoms with van der Waals surface area (Å²) in [4.78, 5) is 33.3. The van der Waals surface area contributed by atoms with Crippen LogP contribution in [-0.4, -0.2) is 49.4 Å². The average Bonchev–Trinajstić information content (AvgIpc) is 2.81. The number of carbonyl (C=O) groups excluding carboxylic acids is 1. The number of hydrogen-bond acceptors (Lipinski definition) is 6. The van der Waals surface area contributed by atoms with E-state index in [4.69, 9.17) is 11.6 Å². The Kier molecular flexibility index (Phi) is 5.28. The number of carbonyl (C=O) groups is 1. The molecule has 1 saturated carbocycles. The summed E-state index contributed by atoms with van der Waals surface area (Å²) in [5.74, 6) is 1.70. The molecular formula is C23H23ClN6O. The topological polar surface area (TPSA) is 83.9 Å². The SMILES string of the molecule is Cc1cnc(-c2ncccn2)c(C(=O)N2C[C@@H]3CC[C@H]2[C@H](Nc2ccc(Cl)cn2)C3)c1. The van der Waals surface area contributed by atoms with Gasteiger partial charge in [0.1, 0.15) is 11.5 Å². The second kappa shape index (κ2) is 8.23. The summed E-state index contributed by atoms with van der Waals surface area (Å²) in [5.41, 5.74) is 2.02. The molecule has 2 aliphatic heterocycles. The van der Waals surface area contributed by atoms with E-state index in [-0.39, 0.29) is 18.0 Å². The smallest absolute Gasteiger partial charge is 0.256 e. The number of fused-ring (bicyclic) bond motifs is 3. The zero-order valence-electron chi connectivity index (χ0n) is 17.2. The minimum atomic E-state index is -0.0103. The molecular weight excluding hydrogens is 412 g/mol. The quantitative estimate of drug-likeness (QED) is 0.668. The van der Waals surface area contributed by atoms with E-state index in [9.17, 15) is 4.79 Å². The van der Waals surface area contributed by atoms with Crippen molar-refractivity contribution in [2.75, 3.05) is 11.9 Å². The highest BCUT2D eigenvalue weighted by Crippen LogP contribution is 2.38. The van der Waals surface area contributed by atoms with Crippen LogP contribution in [-0.2, 0) is 0 Å². The summed E-state index contributed by atoms with van der Waals surface area (Å²) in [6, 6.07) is 7.60. The molecule has 3 aliphatic rings. The molecule has 5 heterocycles. The van der Waals surface area contributed by atoms with Crippen molar-refractivity contribution in [3.8, 4) is 11.5 Å². The Bertz CT molecular complexity index is 1090. The van der Waals surface area contributed by atoms with Crippen molar-refractivity contribution in [3.63, 3.8) is 0 Å². The summed E-state index contributed by atoms with van der Waals surface area (Å²) in [6.45, 7) is 2.71. The molecule has 2 bridgehead atoms. The van der Waals surface area contributed by atoms with E-state index in [0.29, 0.717) is 28.0 Å². The first-order valence-electron chi connectivity index (χ1n) is 10.5. The normalized spacial score (nSPS) is 22.4. The third kappa shape index (κ3) is 3.97. The number of piperidine rings is 2. The second-order valence-electron chi connectivity index (χ2n) is 8.30. The molecule has 0 spiro atoms. The van der Waals surface area contributed by atoms with E-state index < -0.39 is 0 Å². The summed E-state index contributed by atoms with van der Waals surface area (Å²) in [6.07, 6.45) is 9.86. The van der Waals surface area contributed by atoms with Crippen LogP contribution in [0, 0.1) is 12.8 Å². The third-order valence-electron chi connectivity index (χ3n) is 6.13. The van der Waals surface area contributed by atoms with Crippen molar-refractivity contribution in [2.24, 2.45) is 5.92 Å². The number of pyridine rings is 2. The number of nitrogens with one attached hydrogen (secondary N) is 1. The monoisotopic (exact) mass is 434 g/mol. The fourth-order valence-electron chi connectivity index (χ4n) is 4.72. The molecule has 3 atom stereocenters. The third-order valence-corrected chi connectivity index (χ3v) is 6.36. The zero-order chi connectivity index (χ0) is 21.4. The summed E-state index contributed by atoms with van der Waals surface area (Å²) in [7, 11) is 0. The highest BCUT2D eigenvalue weighted by atomic mass is 35.5. The first-order chi connectivity index (χ1) is 15.1. The van der Waals surface area contributed by atoms with Crippen LogP contribution in [0.25, 0.3) is 11.5 Å². The van der Waals surface area contributed by atoms with Gasteiger partial charge in [-0.3, -0.25) is 9.78 Å². The number of hydrogen-bond donors (Lipinski definition) is 1. The Balaban J connectivity index is 1.44. The molecule has 1 amide bonds. The Morgan fingerprint density at radius 2 is 1.97 bits per heavy atom. The molecule has 0 radical (unpaired) electrons. The van der Waals surface area contributed by atoms with Gasteiger partial charge >= 0.3 is 0 Å². The average molecular weight is 435 g/mol. The lowest BCUT2D eigenvalue weighted by Gasteiger charge is -2.50. The summed E-state index contributed by atoms with van der Waals surface area (Å²) >= 11 is 5.97. The van der Waals surface area contributed by atoms with Gasteiger partial charge in [0.15, 0.2) is 5.82 Å². The first-order valence-corrected chi connectivity index (χ1v) is 10.9. The van der Waals surface area contributed by atoms with Gasteiger partial charge in [0.05, 0.1) is 16.6 Å². The standard InChI is InChI=1S/C23H23ClN6O/c1-14-9-17(21(28-11-14)22-25-7-2-8-26-22)23(31)30-13-15-3-5-19(30)18(10-15)29-20-6-4-16(24)12-27-20/h2,4,6-9,11-12,15,18-19H,3,5,10,13H2,1H3,(H,27,29)/t15-,18-,19+/m1/s1. The molecule has 0 unspecified atom stereocenters. The van der Waals surface area contributed by atoms with E-state index in [1.165, 1.54) is 0 Å². The molecule has 6 rings (SSSR count). The minimum absolute atomic E-state index is 0.0103. The van der Waals surface area contributed by atoms with Crippen LogP contribution in [0.15, 0.2) is 49.1 Å². The highest BCUT2D eigenvalue weighted by Gasteiger charge is 2.43. The number of aryl methyl sites for hydroxylation is 1.